The topological polar surface area (TPSA) is 72.2 Å². The van der Waals surface area contributed by atoms with Crippen LogP contribution in [0.5, 0.6) is 0 Å². The number of carbonyl (C=O) groups is 1. The Bertz CT molecular complexity index is 693. The van der Waals surface area contributed by atoms with Crippen LogP contribution in [-0.4, -0.2) is 20.9 Å². The summed E-state index contributed by atoms with van der Waals surface area (Å²) in [4.78, 5) is 22.3. The molecule has 5 nitrogen and oxygen atoms in total. The second-order valence-electron chi connectivity index (χ2n) is 4.38. The van der Waals surface area contributed by atoms with Crippen LogP contribution in [0.2, 0.25) is 0 Å². The first-order chi connectivity index (χ1) is 9.47. The van der Waals surface area contributed by atoms with Crippen LogP contribution in [-0.2, 0) is 11.2 Å². The predicted octanol–water partition coefficient (Wildman–Crippen LogP) is 1.70. The monoisotopic (exact) mass is 276 g/mol. The van der Waals surface area contributed by atoms with Gasteiger partial charge in [0.25, 0.3) is 0 Å². The SMILES string of the molecule is Cc1cc(=O)c(CCC(=O)O)nn1-c1ccc(F)cc1. The molecule has 1 aromatic carbocycles. The maximum absolute atomic E-state index is 12.9. The number of aromatic nitrogens is 2. The molecular weight excluding hydrogens is 263 g/mol. The molecule has 2 rings (SSSR count). The van der Waals surface area contributed by atoms with E-state index in [0.717, 1.165) is 0 Å². The Morgan fingerprint density at radius 2 is 2.00 bits per heavy atom. The summed E-state index contributed by atoms with van der Waals surface area (Å²) in [6.07, 6.45) is -0.0929. The van der Waals surface area contributed by atoms with E-state index in [1.54, 1.807) is 19.1 Å². The van der Waals surface area contributed by atoms with Crippen molar-refractivity contribution in [1.82, 2.24) is 9.78 Å². The Hall–Kier alpha value is -2.50. The summed E-state index contributed by atoms with van der Waals surface area (Å²) in [6.45, 7) is 1.71. The third kappa shape index (κ3) is 3.09. The molecule has 20 heavy (non-hydrogen) atoms. The minimum Gasteiger partial charge on any atom is -0.481 e. The largest absolute Gasteiger partial charge is 0.481 e. The number of hydrogen-bond acceptors (Lipinski definition) is 3. The zero-order valence-corrected chi connectivity index (χ0v) is 10.8. The third-order valence-electron chi connectivity index (χ3n) is 2.83. The first-order valence-electron chi connectivity index (χ1n) is 6.05. The fraction of sp³-hybridized carbons (Fsp3) is 0.214. The Kier molecular flexibility index (Phi) is 3.93. The highest BCUT2D eigenvalue weighted by Gasteiger charge is 2.09. The first-order valence-corrected chi connectivity index (χ1v) is 6.05. The van der Waals surface area contributed by atoms with Crippen LogP contribution < -0.4 is 5.43 Å². The maximum atomic E-state index is 12.9. The molecule has 1 heterocycles. The summed E-state index contributed by atoms with van der Waals surface area (Å²) in [7, 11) is 0. The molecule has 0 radical (unpaired) electrons. The summed E-state index contributed by atoms with van der Waals surface area (Å²) >= 11 is 0. The van der Waals surface area contributed by atoms with Gasteiger partial charge >= 0.3 is 5.97 Å². The molecule has 0 bridgehead atoms. The minimum absolute atomic E-state index is 0.0651. The maximum Gasteiger partial charge on any atom is 0.303 e. The number of benzene rings is 1. The highest BCUT2D eigenvalue weighted by molar-refractivity contribution is 5.66. The molecule has 0 unspecified atom stereocenters. The van der Waals surface area contributed by atoms with E-state index in [2.05, 4.69) is 5.10 Å². The Balaban J connectivity index is 2.42. The van der Waals surface area contributed by atoms with E-state index in [4.69, 9.17) is 5.11 Å². The number of aryl methyl sites for hydroxylation is 2. The molecule has 0 amide bonds. The average molecular weight is 276 g/mol. The molecule has 1 N–H and O–H groups in total. The molecule has 0 aliphatic carbocycles. The van der Waals surface area contributed by atoms with E-state index in [-0.39, 0.29) is 29.8 Å². The van der Waals surface area contributed by atoms with Crippen LogP contribution in [0.25, 0.3) is 5.69 Å². The Labute approximate surface area is 114 Å². The highest BCUT2D eigenvalue weighted by Crippen LogP contribution is 2.10. The second kappa shape index (κ2) is 5.64. The first kappa shape index (κ1) is 13.9. The minimum atomic E-state index is -0.986. The van der Waals surface area contributed by atoms with Crippen molar-refractivity contribution in [3.63, 3.8) is 0 Å². The summed E-state index contributed by atoms with van der Waals surface area (Å²) in [5.74, 6) is -1.35. The van der Waals surface area contributed by atoms with E-state index in [1.165, 1.54) is 22.9 Å². The number of aliphatic carboxylic acids is 1. The van der Waals surface area contributed by atoms with Gasteiger partial charge in [0, 0.05) is 18.2 Å². The molecule has 0 saturated carbocycles. The molecule has 0 saturated heterocycles. The standard InChI is InChI=1S/C14H13FN2O3/c1-9-8-13(18)12(6-7-14(19)20)16-17(9)11-4-2-10(15)3-5-11/h2-5,8H,6-7H2,1H3,(H,19,20). The normalized spacial score (nSPS) is 10.5. The van der Waals surface area contributed by atoms with Gasteiger partial charge in [-0.15, -0.1) is 0 Å². The van der Waals surface area contributed by atoms with Gasteiger partial charge in [0.2, 0.25) is 5.43 Å². The van der Waals surface area contributed by atoms with Crippen LogP contribution >= 0.6 is 0 Å². The lowest BCUT2D eigenvalue weighted by Crippen LogP contribution is -2.19. The van der Waals surface area contributed by atoms with Gasteiger partial charge in [-0.05, 0) is 31.2 Å². The molecule has 0 aliphatic rings. The molecule has 0 atom stereocenters. The van der Waals surface area contributed by atoms with Gasteiger partial charge in [0.15, 0.2) is 0 Å². The average Bonchev–Trinajstić information content (AvgIpc) is 2.39. The third-order valence-corrected chi connectivity index (χ3v) is 2.83. The fourth-order valence-electron chi connectivity index (χ4n) is 1.83. The molecular formula is C14H13FN2O3. The quantitative estimate of drug-likeness (QED) is 0.922. The van der Waals surface area contributed by atoms with Crippen LogP contribution in [0, 0.1) is 12.7 Å². The van der Waals surface area contributed by atoms with Gasteiger partial charge in [-0.1, -0.05) is 0 Å². The molecule has 0 fully saturated rings. The van der Waals surface area contributed by atoms with E-state index < -0.39 is 5.97 Å². The number of carboxylic acid groups (broad SMARTS) is 1. The highest BCUT2D eigenvalue weighted by atomic mass is 19.1. The summed E-state index contributed by atoms with van der Waals surface area (Å²) < 4.78 is 14.4. The van der Waals surface area contributed by atoms with E-state index >= 15 is 0 Å². The molecule has 6 heteroatoms. The van der Waals surface area contributed by atoms with E-state index in [9.17, 15) is 14.0 Å². The smallest absolute Gasteiger partial charge is 0.303 e. The molecule has 2 aromatic rings. The van der Waals surface area contributed by atoms with Gasteiger partial charge in [-0.2, -0.15) is 5.10 Å². The number of carboxylic acids is 1. The summed E-state index contributed by atoms with van der Waals surface area (Å²) in [6, 6.07) is 7.08. The summed E-state index contributed by atoms with van der Waals surface area (Å²) in [5, 5.41) is 12.8. The van der Waals surface area contributed by atoms with Crippen LogP contribution in [0.4, 0.5) is 4.39 Å². The van der Waals surface area contributed by atoms with Crippen molar-refractivity contribution >= 4 is 5.97 Å². The molecule has 1 aromatic heterocycles. The van der Waals surface area contributed by atoms with E-state index in [1.807, 2.05) is 0 Å². The van der Waals surface area contributed by atoms with Crippen molar-refractivity contribution in [3.05, 3.63) is 57.8 Å². The number of rotatable bonds is 4. The summed E-state index contributed by atoms with van der Waals surface area (Å²) in [5.41, 5.74) is 1.10. The second-order valence-corrected chi connectivity index (χ2v) is 4.38. The van der Waals surface area contributed by atoms with Crippen LogP contribution in [0.15, 0.2) is 35.1 Å². The van der Waals surface area contributed by atoms with Gasteiger partial charge < -0.3 is 5.11 Å². The molecule has 0 spiro atoms. The lowest BCUT2D eigenvalue weighted by Gasteiger charge is -2.10. The predicted molar refractivity (Wildman–Crippen MR) is 70.5 cm³/mol. The van der Waals surface area contributed by atoms with Gasteiger partial charge in [-0.3, -0.25) is 9.59 Å². The lowest BCUT2D eigenvalue weighted by atomic mass is 10.2. The fourth-order valence-corrected chi connectivity index (χ4v) is 1.83. The Morgan fingerprint density at radius 1 is 1.35 bits per heavy atom. The van der Waals surface area contributed by atoms with Gasteiger partial charge in [0.1, 0.15) is 11.5 Å². The van der Waals surface area contributed by atoms with Crippen molar-refractivity contribution in [2.45, 2.75) is 19.8 Å². The van der Waals surface area contributed by atoms with Crippen molar-refractivity contribution in [3.8, 4) is 5.69 Å². The Morgan fingerprint density at radius 3 is 2.60 bits per heavy atom. The van der Waals surface area contributed by atoms with Crippen molar-refractivity contribution in [2.75, 3.05) is 0 Å². The number of halogens is 1. The van der Waals surface area contributed by atoms with Crippen molar-refractivity contribution in [1.29, 1.82) is 0 Å². The van der Waals surface area contributed by atoms with Crippen LogP contribution in [0.1, 0.15) is 17.8 Å². The van der Waals surface area contributed by atoms with Gasteiger partial charge in [0.05, 0.1) is 12.1 Å². The van der Waals surface area contributed by atoms with Crippen molar-refractivity contribution in [2.24, 2.45) is 0 Å². The lowest BCUT2D eigenvalue weighted by molar-refractivity contribution is -0.136. The number of nitrogens with zero attached hydrogens (tertiary/aromatic N) is 2. The molecule has 104 valence electrons. The molecule has 0 aliphatic heterocycles. The number of hydrogen-bond donors (Lipinski definition) is 1. The zero-order chi connectivity index (χ0) is 14.7. The zero-order valence-electron chi connectivity index (χ0n) is 10.8. The van der Waals surface area contributed by atoms with Gasteiger partial charge in [-0.25, -0.2) is 9.07 Å². The van der Waals surface area contributed by atoms with E-state index in [0.29, 0.717) is 11.4 Å². The van der Waals surface area contributed by atoms with Crippen LogP contribution in [0.3, 0.4) is 0 Å². The van der Waals surface area contributed by atoms with Crippen molar-refractivity contribution < 1.29 is 14.3 Å².